The van der Waals surface area contributed by atoms with E-state index < -0.39 is 0 Å². The molecule has 0 bridgehead atoms. The average Bonchev–Trinajstić information content (AvgIpc) is 2.60. The van der Waals surface area contributed by atoms with Crippen molar-refractivity contribution >= 4 is 34.8 Å². The third-order valence-corrected chi connectivity index (χ3v) is 5.03. The van der Waals surface area contributed by atoms with Crippen molar-refractivity contribution < 1.29 is 4.74 Å². The third-order valence-electron chi connectivity index (χ3n) is 3.88. The fraction of sp³-hybridized carbons (Fsp3) is 0.588. The van der Waals surface area contributed by atoms with Crippen molar-refractivity contribution in [3.63, 3.8) is 0 Å². The normalized spacial score (nSPS) is 14.6. The Bertz CT molecular complexity index is 475. The molecular formula is C17H27N3OS2. The van der Waals surface area contributed by atoms with Crippen molar-refractivity contribution in [1.29, 1.82) is 0 Å². The number of thioether (sulfide) groups is 1. The molecule has 1 aliphatic heterocycles. The molecule has 0 aliphatic carbocycles. The average molecular weight is 354 g/mol. The van der Waals surface area contributed by atoms with Gasteiger partial charge in [-0.1, -0.05) is 12.1 Å². The first kappa shape index (κ1) is 18.4. The zero-order valence-corrected chi connectivity index (χ0v) is 15.7. The predicted molar refractivity (Wildman–Crippen MR) is 105 cm³/mol. The van der Waals surface area contributed by atoms with Crippen LogP contribution in [0.1, 0.15) is 12.0 Å². The quantitative estimate of drug-likeness (QED) is 0.598. The lowest BCUT2D eigenvalue weighted by Gasteiger charge is -2.29. The molecule has 23 heavy (non-hydrogen) atoms. The minimum Gasteiger partial charge on any atom is -0.378 e. The zero-order chi connectivity index (χ0) is 16.5. The molecule has 0 spiro atoms. The molecule has 1 heterocycles. The second-order valence-electron chi connectivity index (χ2n) is 5.70. The lowest BCUT2D eigenvalue weighted by Crippen LogP contribution is -2.37. The Morgan fingerprint density at radius 2 is 2.00 bits per heavy atom. The SMILES string of the molecule is CSCCCNC(=S)N(C)Cc1ccc(N2CCOCC2)cc1. The lowest BCUT2D eigenvalue weighted by atomic mass is 10.2. The standard InChI is InChI=1S/C17H27N3OS2/c1-19(17(22)18-8-3-13-23-2)14-15-4-6-16(7-5-15)20-9-11-21-12-10-20/h4-7H,3,8-14H2,1-2H3,(H,18,22). The fourth-order valence-corrected chi connectivity index (χ4v) is 3.13. The number of morpholine rings is 1. The Morgan fingerprint density at radius 3 is 2.65 bits per heavy atom. The van der Waals surface area contributed by atoms with Crippen LogP contribution in [0.2, 0.25) is 0 Å². The molecule has 1 aromatic carbocycles. The van der Waals surface area contributed by atoms with E-state index in [1.54, 1.807) is 0 Å². The van der Waals surface area contributed by atoms with Crippen molar-refractivity contribution in [1.82, 2.24) is 10.2 Å². The van der Waals surface area contributed by atoms with Crippen molar-refractivity contribution in [2.45, 2.75) is 13.0 Å². The van der Waals surface area contributed by atoms with E-state index in [0.29, 0.717) is 0 Å². The lowest BCUT2D eigenvalue weighted by molar-refractivity contribution is 0.122. The van der Waals surface area contributed by atoms with Crippen molar-refractivity contribution in [3.05, 3.63) is 29.8 Å². The number of rotatable bonds is 7. The summed E-state index contributed by atoms with van der Waals surface area (Å²) in [6, 6.07) is 8.78. The highest BCUT2D eigenvalue weighted by atomic mass is 32.2. The first-order chi connectivity index (χ1) is 11.2. The van der Waals surface area contributed by atoms with Crippen LogP contribution in [0.3, 0.4) is 0 Å². The summed E-state index contributed by atoms with van der Waals surface area (Å²) in [6.45, 7) is 5.37. The summed E-state index contributed by atoms with van der Waals surface area (Å²) in [4.78, 5) is 4.47. The number of nitrogens with one attached hydrogen (secondary N) is 1. The largest absolute Gasteiger partial charge is 0.378 e. The van der Waals surface area contributed by atoms with E-state index in [4.69, 9.17) is 17.0 Å². The van der Waals surface area contributed by atoms with Crippen molar-refractivity contribution in [2.75, 3.05) is 56.8 Å². The first-order valence-electron chi connectivity index (χ1n) is 8.10. The van der Waals surface area contributed by atoms with Crippen LogP contribution in [-0.2, 0) is 11.3 Å². The highest BCUT2D eigenvalue weighted by Crippen LogP contribution is 2.17. The predicted octanol–water partition coefficient (Wildman–Crippen LogP) is 2.58. The molecule has 0 saturated carbocycles. The number of ether oxygens (including phenoxy) is 1. The third kappa shape index (κ3) is 6.20. The van der Waals surface area contributed by atoms with Gasteiger partial charge in [-0.15, -0.1) is 0 Å². The summed E-state index contributed by atoms with van der Waals surface area (Å²) < 4.78 is 5.40. The maximum atomic E-state index is 5.44. The van der Waals surface area contributed by atoms with Crippen LogP contribution in [0.25, 0.3) is 0 Å². The van der Waals surface area contributed by atoms with E-state index in [1.807, 2.05) is 18.8 Å². The highest BCUT2D eigenvalue weighted by molar-refractivity contribution is 7.98. The monoisotopic (exact) mass is 353 g/mol. The summed E-state index contributed by atoms with van der Waals surface area (Å²) in [7, 11) is 2.04. The van der Waals surface area contributed by atoms with Gasteiger partial charge in [-0.05, 0) is 48.3 Å². The maximum Gasteiger partial charge on any atom is 0.168 e. The van der Waals surface area contributed by atoms with Gasteiger partial charge in [0, 0.05) is 38.9 Å². The minimum absolute atomic E-state index is 0.820. The summed E-state index contributed by atoms with van der Waals surface area (Å²) in [5.41, 5.74) is 2.55. The number of nitrogens with zero attached hydrogens (tertiary/aromatic N) is 2. The van der Waals surface area contributed by atoms with E-state index in [-0.39, 0.29) is 0 Å². The molecule has 1 aliphatic rings. The molecule has 1 N–H and O–H groups in total. The van der Waals surface area contributed by atoms with Gasteiger partial charge in [-0.3, -0.25) is 0 Å². The number of hydrogen-bond donors (Lipinski definition) is 1. The van der Waals surface area contributed by atoms with Crippen molar-refractivity contribution in [2.24, 2.45) is 0 Å². The molecule has 1 fully saturated rings. The van der Waals surface area contributed by atoms with Crippen LogP contribution in [0, 0.1) is 0 Å². The maximum absolute atomic E-state index is 5.44. The van der Waals surface area contributed by atoms with Gasteiger partial charge in [0.2, 0.25) is 0 Å². The Balaban J connectivity index is 1.79. The van der Waals surface area contributed by atoms with E-state index in [0.717, 1.165) is 50.9 Å². The molecule has 0 amide bonds. The zero-order valence-electron chi connectivity index (χ0n) is 14.1. The van der Waals surface area contributed by atoms with Crippen LogP contribution in [0.5, 0.6) is 0 Å². The number of hydrogen-bond acceptors (Lipinski definition) is 4. The minimum atomic E-state index is 0.820. The van der Waals surface area contributed by atoms with Gasteiger partial charge in [0.15, 0.2) is 5.11 Å². The van der Waals surface area contributed by atoms with Crippen LogP contribution in [0.15, 0.2) is 24.3 Å². The summed E-state index contributed by atoms with van der Waals surface area (Å²) in [5, 5.41) is 4.15. The summed E-state index contributed by atoms with van der Waals surface area (Å²) in [6.07, 6.45) is 3.27. The molecule has 1 aromatic rings. The number of thiocarbonyl (C=S) groups is 1. The van der Waals surface area contributed by atoms with E-state index >= 15 is 0 Å². The highest BCUT2D eigenvalue weighted by Gasteiger charge is 2.11. The van der Waals surface area contributed by atoms with E-state index in [1.165, 1.54) is 17.0 Å². The van der Waals surface area contributed by atoms with Crippen LogP contribution >= 0.6 is 24.0 Å². The molecule has 1 saturated heterocycles. The van der Waals surface area contributed by atoms with Gasteiger partial charge >= 0.3 is 0 Å². The Labute approximate surface area is 149 Å². The molecule has 0 atom stereocenters. The topological polar surface area (TPSA) is 27.7 Å². The fourth-order valence-electron chi connectivity index (χ4n) is 2.53. The second-order valence-corrected chi connectivity index (χ2v) is 7.07. The van der Waals surface area contributed by atoms with Crippen LogP contribution in [0.4, 0.5) is 5.69 Å². The second kappa shape index (κ2) is 10.0. The van der Waals surface area contributed by atoms with Gasteiger partial charge in [0.05, 0.1) is 13.2 Å². The summed E-state index contributed by atoms with van der Waals surface area (Å²) in [5.74, 6) is 1.17. The Kier molecular flexibility index (Phi) is 7.99. The smallest absolute Gasteiger partial charge is 0.168 e. The number of anilines is 1. The molecule has 6 heteroatoms. The van der Waals surface area contributed by atoms with Gasteiger partial charge < -0.3 is 19.9 Å². The molecular weight excluding hydrogens is 326 g/mol. The van der Waals surface area contributed by atoms with Gasteiger partial charge in [0.1, 0.15) is 0 Å². The van der Waals surface area contributed by atoms with Gasteiger partial charge in [-0.25, -0.2) is 0 Å². The molecule has 0 radical (unpaired) electrons. The first-order valence-corrected chi connectivity index (χ1v) is 9.90. The molecule has 0 aromatic heterocycles. The van der Waals surface area contributed by atoms with Gasteiger partial charge in [-0.2, -0.15) is 11.8 Å². The van der Waals surface area contributed by atoms with Gasteiger partial charge in [0.25, 0.3) is 0 Å². The Hall–Kier alpha value is -0.980. The summed E-state index contributed by atoms with van der Waals surface area (Å²) >= 11 is 7.31. The van der Waals surface area contributed by atoms with Crippen molar-refractivity contribution in [3.8, 4) is 0 Å². The Morgan fingerprint density at radius 1 is 1.30 bits per heavy atom. The van der Waals surface area contributed by atoms with E-state index in [2.05, 4.69) is 45.6 Å². The molecule has 0 unspecified atom stereocenters. The number of benzene rings is 1. The van der Waals surface area contributed by atoms with E-state index in [9.17, 15) is 0 Å². The van der Waals surface area contributed by atoms with Crippen LogP contribution < -0.4 is 10.2 Å². The molecule has 128 valence electrons. The molecule has 2 rings (SSSR count). The molecule has 4 nitrogen and oxygen atoms in total. The van der Waals surface area contributed by atoms with Crippen LogP contribution in [-0.4, -0.2) is 61.9 Å².